The lowest BCUT2D eigenvalue weighted by Gasteiger charge is -2.35. The Kier molecular flexibility index (Phi) is 6.40. The van der Waals surface area contributed by atoms with E-state index >= 15 is 0 Å². The summed E-state index contributed by atoms with van der Waals surface area (Å²) in [5.41, 5.74) is 0.630. The van der Waals surface area contributed by atoms with E-state index in [1.807, 2.05) is 23.1 Å². The molecule has 0 unspecified atom stereocenters. The molecule has 0 aromatic heterocycles. The van der Waals surface area contributed by atoms with E-state index in [0.717, 1.165) is 25.9 Å². The molecule has 3 fully saturated rings. The van der Waals surface area contributed by atoms with Crippen LogP contribution in [0.15, 0.2) is 24.3 Å². The molecular formula is C19H27ClN2O4. The molecule has 1 amide bonds. The molecule has 1 aromatic rings. The smallest absolute Gasteiger partial charge is 0.254 e. The summed E-state index contributed by atoms with van der Waals surface area (Å²) >= 11 is 0. The number of hydrogen-bond acceptors (Lipinski definition) is 5. The molecule has 0 spiro atoms. The first-order valence-corrected chi connectivity index (χ1v) is 9.23. The molecule has 3 aliphatic rings. The van der Waals surface area contributed by atoms with Gasteiger partial charge in [-0.1, -0.05) is 6.07 Å². The van der Waals surface area contributed by atoms with Crippen LogP contribution in [0.2, 0.25) is 0 Å². The van der Waals surface area contributed by atoms with Crippen LogP contribution < -0.4 is 10.1 Å². The maximum Gasteiger partial charge on any atom is 0.254 e. The number of rotatable bonds is 3. The van der Waals surface area contributed by atoms with E-state index in [1.165, 1.54) is 0 Å². The van der Waals surface area contributed by atoms with E-state index in [-0.39, 0.29) is 24.4 Å². The molecule has 2 aliphatic heterocycles. The Balaban J connectivity index is 0.00000196. The highest BCUT2D eigenvalue weighted by Gasteiger charge is 2.39. The molecule has 1 aromatic carbocycles. The van der Waals surface area contributed by atoms with Crippen LogP contribution in [0.4, 0.5) is 0 Å². The van der Waals surface area contributed by atoms with Gasteiger partial charge in [0.2, 0.25) is 0 Å². The fourth-order valence-corrected chi connectivity index (χ4v) is 4.21. The zero-order valence-corrected chi connectivity index (χ0v) is 15.6. The van der Waals surface area contributed by atoms with Gasteiger partial charge in [0, 0.05) is 18.7 Å². The molecule has 7 heteroatoms. The third-order valence-electron chi connectivity index (χ3n) is 5.65. The number of aliphatic hydroxyl groups excluding tert-OH is 1. The summed E-state index contributed by atoms with van der Waals surface area (Å²) in [5, 5.41) is 13.8. The van der Waals surface area contributed by atoms with Gasteiger partial charge in [0.1, 0.15) is 11.9 Å². The molecule has 2 N–H and O–H groups in total. The van der Waals surface area contributed by atoms with E-state index < -0.39 is 6.10 Å². The summed E-state index contributed by atoms with van der Waals surface area (Å²) in [6.45, 7) is 4.44. The second kappa shape index (κ2) is 8.57. The summed E-state index contributed by atoms with van der Waals surface area (Å²) < 4.78 is 11.4. The highest BCUT2D eigenvalue weighted by Crippen LogP contribution is 2.35. The lowest BCUT2D eigenvalue weighted by molar-refractivity contribution is -0.0231. The monoisotopic (exact) mass is 382 g/mol. The number of nitrogens with zero attached hydrogens (tertiary/aromatic N) is 1. The van der Waals surface area contributed by atoms with Gasteiger partial charge in [-0.25, -0.2) is 0 Å². The van der Waals surface area contributed by atoms with E-state index in [4.69, 9.17) is 9.47 Å². The van der Waals surface area contributed by atoms with Crippen molar-refractivity contribution in [2.75, 3.05) is 39.4 Å². The van der Waals surface area contributed by atoms with Crippen LogP contribution >= 0.6 is 12.4 Å². The molecule has 1 aliphatic carbocycles. The molecule has 2 heterocycles. The van der Waals surface area contributed by atoms with Gasteiger partial charge in [-0.05, 0) is 56.0 Å². The van der Waals surface area contributed by atoms with Gasteiger partial charge in [-0.15, -0.1) is 12.4 Å². The molecule has 4 rings (SSSR count). The Morgan fingerprint density at radius 2 is 1.92 bits per heavy atom. The quantitative estimate of drug-likeness (QED) is 0.825. The maximum atomic E-state index is 12.6. The Morgan fingerprint density at radius 3 is 2.69 bits per heavy atom. The van der Waals surface area contributed by atoms with Crippen LogP contribution in [0.3, 0.4) is 0 Å². The van der Waals surface area contributed by atoms with E-state index in [0.29, 0.717) is 49.5 Å². The Labute approximate surface area is 160 Å². The molecule has 26 heavy (non-hydrogen) atoms. The zero-order valence-electron chi connectivity index (χ0n) is 14.8. The van der Waals surface area contributed by atoms with Crippen molar-refractivity contribution < 1.29 is 19.4 Å². The first kappa shape index (κ1) is 19.4. The Morgan fingerprint density at radius 1 is 1.19 bits per heavy atom. The third kappa shape index (κ3) is 4.14. The van der Waals surface area contributed by atoms with Gasteiger partial charge in [0.05, 0.1) is 19.3 Å². The molecule has 2 saturated heterocycles. The lowest BCUT2D eigenvalue weighted by Crippen LogP contribution is -2.42. The van der Waals surface area contributed by atoms with Gasteiger partial charge in [0.25, 0.3) is 5.91 Å². The number of aliphatic hydroxyl groups is 1. The number of nitrogens with one attached hydrogen (secondary N) is 1. The summed E-state index contributed by atoms with van der Waals surface area (Å²) in [5.74, 6) is 1.81. The number of halogens is 1. The SMILES string of the molecule is Cl.O=C(c1cccc(O[C@@H]2C[C@@H]3CNC[C@@H]3C[C@H]2O)c1)N1CCOCC1. The maximum absolute atomic E-state index is 12.6. The fourth-order valence-electron chi connectivity index (χ4n) is 4.21. The first-order chi connectivity index (χ1) is 12.2. The average molecular weight is 383 g/mol. The molecule has 1 saturated carbocycles. The number of hydrogen-bond donors (Lipinski definition) is 2. The van der Waals surface area contributed by atoms with Crippen molar-refractivity contribution in [3.05, 3.63) is 29.8 Å². The van der Waals surface area contributed by atoms with Gasteiger partial charge >= 0.3 is 0 Å². The zero-order chi connectivity index (χ0) is 17.2. The lowest BCUT2D eigenvalue weighted by atomic mass is 9.78. The molecule has 0 radical (unpaired) electrons. The predicted octanol–water partition coefficient (Wildman–Crippen LogP) is 1.32. The summed E-state index contributed by atoms with van der Waals surface area (Å²) in [6.07, 6.45) is 1.00. The summed E-state index contributed by atoms with van der Waals surface area (Å²) in [6, 6.07) is 7.32. The van der Waals surface area contributed by atoms with Crippen molar-refractivity contribution in [2.45, 2.75) is 25.0 Å². The topological polar surface area (TPSA) is 71.0 Å². The Bertz CT molecular complexity index is 623. The largest absolute Gasteiger partial charge is 0.488 e. The second-order valence-corrected chi connectivity index (χ2v) is 7.31. The van der Waals surface area contributed by atoms with Crippen LogP contribution in [0.5, 0.6) is 5.75 Å². The number of fused-ring (bicyclic) bond motifs is 1. The van der Waals surface area contributed by atoms with Crippen molar-refractivity contribution in [1.29, 1.82) is 0 Å². The summed E-state index contributed by atoms with van der Waals surface area (Å²) in [7, 11) is 0. The number of benzene rings is 1. The molecule has 4 atom stereocenters. The number of carbonyl (C=O) groups excluding carboxylic acids is 1. The van der Waals surface area contributed by atoms with Crippen molar-refractivity contribution in [2.24, 2.45) is 11.8 Å². The first-order valence-electron chi connectivity index (χ1n) is 9.23. The highest BCUT2D eigenvalue weighted by molar-refractivity contribution is 5.94. The van der Waals surface area contributed by atoms with Crippen LogP contribution in [0.1, 0.15) is 23.2 Å². The Hall–Kier alpha value is -1.34. The average Bonchev–Trinajstić information content (AvgIpc) is 3.09. The van der Waals surface area contributed by atoms with Gasteiger partial charge in [-0.2, -0.15) is 0 Å². The van der Waals surface area contributed by atoms with Gasteiger partial charge in [-0.3, -0.25) is 4.79 Å². The van der Waals surface area contributed by atoms with E-state index in [1.54, 1.807) is 6.07 Å². The van der Waals surface area contributed by atoms with Crippen LogP contribution in [-0.4, -0.2) is 67.5 Å². The standard InChI is InChI=1S/C19H26N2O4.ClH/c22-17-9-14-11-20-12-15(14)10-18(17)25-16-3-1-2-13(8-16)19(23)21-4-6-24-7-5-21;/h1-3,8,14-15,17-18,20,22H,4-7,9-12H2;1H/t14-,15+,17+,18+;/m0./s1. The minimum absolute atomic E-state index is 0. The number of carbonyl (C=O) groups is 1. The molecule has 144 valence electrons. The molecule has 0 bridgehead atoms. The number of ether oxygens (including phenoxy) is 2. The van der Waals surface area contributed by atoms with Crippen LogP contribution in [0.25, 0.3) is 0 Å². The number of morpholine rings is 1. The predicted molar refractivity (Wildman–Crippen MR) is 99.9 cm³/mol. The second-order valence-electron chi connectivity index (χ2n) is 7.31. The molecule has 6 nitrogen and oxygen atoms in total. The van der Waals surface area contributed by atoms with E-state index in [2.05, 4.69) is 5.32 Å². The normalized spacial score (nSPS) is 31.0. The molecular weight excluding hydrogens is 356 g/mol. The fraction of sp³-hybridized carbons (Fsp3) is 0.632. The summed E-state index contributed by atoms with van der Waals surface area (Å²) in [4.78, 5) is 14.4. The van der Waals surface area contributed by atoms with Crippen molar-refractivity contribution in [3.63, 3.8) is 0 Å². The van der Waals surface area contributed by atoms with Crippen molar-refractivity contribution in [1.82, 2.24) is 10.2 Å². The number of amides is 1. The van der Waals surface area contributed by atoms with Gasteiger partial charge in [0.15, 0.2) is 0 Å². The highest BCUT2D eigenvalue weighted by atomic mass is 35.5. The van der Waals surface area contributed by atoms with E-state index in [9.17, 15) is 9.90 Å². The van der Waals surface area contributed by atoms with Crippen molar-refractivity contribution >= 4 is 18.3 Å². The van der Waals surface area contributed by atoms with Crippen molar-refractivity contribution in [3.8, 4) is 5.75 Å². The minimum Gasteiger partial charge on any atom is -0.488 e. The minimum atomic E-state index is -0.445. The third-order valence-corrected chi connectivity index (χ3v) is 5.65. The van der Waals surface area contributed by atoms with Crippen LogP contribution in [-0.2, 0) is 4.74 Å². The van der Waals surface area contributed by atoms with Crippen LogP contribution in [0, 0.1) is 11.8 Å². The van der Waals surface area contributed by atoms with Gasteiger partial charge < -0.3 is 24.8 Å².